The van der Waals surface area contributed by atoms with Crippen LogP contribution in [0.1, 0.15) is 30.3 Å². The van der Waals surface area contributed by atoms with E-state index in [1.54, 1.807) is 23.0 Å². The van der Waals surface area contributed by atoms with Gasteiger partial charge in [-0.2, -0.15) is 5.10 Å². The number of benzene rings is 1. The molecule has 31 heavy (non-hydrogen) atoms. The van der Waals surface area contributed by atoms with Gasteiger partial charge in [0.05, 0.1) is 41.4 Å². The molecule has 0 unspecified atom stereocenters. The number of aromatic nitrogens is 4. The van der Waals surface area contributed by atoms with Gasteiger partial charge in [-0.25, -0.2) is 18.4 Å². The molecule has 4 aromatic rings. The van der Waals surface area contributed by atoms with Gasteiger partial charge in [0.2, 0.25) is 5.92 Å². The second-order valence-electron chi connectivity index (χ2n) is 7.97. The van der Waals surface area contributed by atoms with Gasteiger partial charge >= 0.3 is 0 Å². The Hall–Kier alpha value is -3.23. The zero-order valence-electron chi connectivity index (χ0n) is 16.6. The van der Waals surface area contributed by atoms with Crippen LogP contribution in [0.5, 0.6) is 0 Å². The number of alkyl halides is 2. The van der Waals surface area contributed by atoms with Crippen molar-refractivity contribution in [2.45, 2.75) is 31.4 Å². The number of aliphatic hydroxyl groups excluding tert-OH is 1. The molecule has 0 saturated heterocycles. The van der Waals surface area contributed by atoms with E-state index in [2.05, 4.69) is 15.1 Å². The molecule has 3 N–H and O–H groups in total. The number of pyridine rings is 2. The first kappa shape index (κ1) is 19.7. The summed E-state index contributed by atoms with van der Waals surface area (Å²) >= 11 is 0. The molecule has 5 rings (SSSR count). The summed E-state index contributed by atoms with van der Waals surface area (Å²) in [5.41, 5.74) is 9.82. The van der Waals surface area contributed by atoms with Gasteiger partial charge in [-0.15, -0.1) is 0 Å². The fourth-order valence-corrected chi connectivity index (χ4v) is 4.03. The zero-order valence-corrected chi connectivity index (χ0v) is 16.6. The second-order valence-corrected chi connectivity index (χ2v) is 7.97. The maximum atomic E-state index is 13.2. The fourth-order valence-electron chi connectivity index (χ4n) is 4.03. The van der Waals surface area contributed by atoms with Gasteiger partial charge in [0, 0.05) is 23.8 Å². The zero-order chi connectivity index (χ0) is 21.6. The van der Waals surface area contributed by atoms with Crippen molar-refractivity contribution in [2.24, 2.45) is 11.7 Å². The maximum absolute atomic E-state index is 13.2. The summed E-state index contributed by atoms with van der Waals surface area (Å²) in [5, 5.41) is 14.7. The molecule has 6 nitrogen and oxygen atoms in total. The Morgan fingerprint density at radius 3 is 2.68 bits per heavy atom. The molecule has 0 spiro atoms. The highest BCUT2D eigenvalue weighted by atomic mass is 19.3. The Bertz CT molecular complexity index is 1250. The molecule has 1 fully saturated rings. The predicted octanol–water partition coefficient (Wildman–Crippen LogP) is 4.02. The van der Waals surface area contributed by atoms with Crippen molar-refractivity contribution in [2.75, 3.05) is 0 Å². The number of aliphatic hydroxyl groups is 1. The van der Waals surface area contributed by atoms with Crippen LogP contribution in [0.15, 0.2) is 60.8 Å². The van der Waals surface area contributed by atoms with Gasteiger partial charge in [0.1, 0.15) is 0 Å². The van der Waals surface area contributed by atoms with E-state index in [-0.39, 0.29) is 25.4 Å². The van der Waals surface area contributed by atoms with Crippen molar-refractivity contribution < 1.29 is 13.9 Å². The first-order chi connectivity index (χ1) is 14.9. The van der Waals surface area contributed by atoms with E-state index in [1.165, 1.54) is 0 Å². The van der Waals surface area contributed by atoms with Crippen LogP contribution < -0.4 is 5.73 Å². The molecule has 1 saturated carbocycles. The van der Waals surface area contributed by atoms with Crippen LogP contribution in [-0.2, 0) is 6.61 Å². The lowest BCUT2D eigenvalue weighted by Crippen LogP contribution is -2.41. The smallest absolute Gasteiger partial charge is 0.248 e. The minimum Gasteiger partial charge on any atom is -0.390 e. The second kappa shape index (κ2) is 7.47. The number of hydrogen-bond donors (Lipinski definition) is 2. The van der Waals surface area contributed by atoms with Crippen molar-refractivity contribution >= 4 is 10.9 Å². The largest absolute Gasteiger partial charge is 0.390 e. The Morgan fingerprint density at radius 2 is 1.90 bits per heavy atom. The average molecular weight is 421 g/mol. The summed E-state index contributed by atoms with van der Waals surface area (Å²) in [6.07, 6.45) is 1.37. The monoisotopic (exact) mass is 421 g/mol. The molecule has 8 heteroatoms. The van der Waals surface area contributed by atoms with E-state index in [1.807, 2.05) is 42.5 Å². The summed E-state index contributed by atoms with van der Waals surface area (Å²) in [7, 11) is 0. The molecule has 0 radical (unpaired) electrons. The summed E-state index contributed by atoms with van der Waals surface area (Å²) in [4.78, 5) is 9.09. The normalized spacial score (nSPS) is 16.9. The van der Waals surface area contributed by atoms with Gasteiger partial charge in [-0.1, -0.05) is 24.3 Å². The SMILES string of the molecule is N[C@H](c1cccc(-c2ccc3cnn(-c4cccc(CO)n4)c3c2)n1)C1CC(F)(F)C1. The van der Waals surface area contributed by atoms with Crippen LogP contribution in [0.3, 0.4) is 0 Å². The third-order valence-electron chi connectivity index (χ3n) is 5.78. The van der Waals surface area contributed by atoms with Gasteiger partial charge in [0.25, 0.3) is 0 Å². The van der Waals surface area contributed by atoms with Crippen LogP contribution in [0.2, 0.25) is 0 Å². The topological polar surface area (TPSA) is 89.8 Å². The number of fused-ring (bicyclic) bond motifs is 1. The summed E-state index contributed by atoms with van der Waals surface area (Å²) in [6.45, 7) is -0.151. The lowest BCUT2D eigenvalue weighted by molar-refractivity contribution is -0.117. The molecule has 3 heterocycles. The Balaban J connectivity index is 1.50. The van der Waals surface area contributed by atoms with Crippen LogP contribution >= 0.6 is 0 Å². The number of hydrogen-bond acceptors (Lipinski definition) is 5. The summed E-state index contributed by atoms with van der Waals surface area (Å²) in [6, 6.07) is 16.2. The van der Waals surface area contributed by atoms with Gasteiger partial charge in [0.15, 0.2) is 5.82 Å². The molecule has 3 aromatic heterocycles. The summed E-state index contributed by atoms with van der Waals surface area (Å²) < 4.78 is 28.2. The third kappa shape index (κ3) is 3.68. The van der Waals surface area contributed by atoms with E-state index in [0.717, 1.165) is 16.5 Å². The molecule has 0 bridgehead atoms. The highest BCUT2D eigenvalue weighted by Gasteiger charge is 2.48. The van der Waals surface area contributed by atoms with Crippen LogP contribution in [-0.4, -0.2) is 30.8 Å². The minimum atomic E-state index is -2.61. The minimum absolute atomic E-state index is 0.151. The first-order valence-corrected chi connectivity index (χ1v) is 10.1. The fraction of sp³-hybridized carbons (Fsp3) is 0.261. The van der Waals surface area contributed by atoms with E-state index < -0.39 is 12.0 Å². The molecule has 1 atom stereocenters. The predicted molar refractivity (Wildman–Crippen MR) is 113 cm³/mol. The van der Waals surface area contributed by atoms with Crippen LogP contribution in [0.25, 0.3) is 28.0 Å². The standard InChI is InChI=1S/C23H21F2N5O/c24-23(25)10-16(11-23)22(26)19-5-2-4-18(29-19)14-7-8-15-12-27-30(20(15)9-14)21-6-1-3-17(13-31)28-21/h1-9,12,16,22,31H,10-11,13,26H2/t22-/m0/s1. The molecule has 1 aromatic carbocycles. The van der Waals surface area contributed by atoms with Gasteiger partial charge in [-0.05, 0) is 36.2 Å². The van der Waals surface area contributed by atoms with E-state index in [0.29, 0.717) is 22.9 Å². The molecular formula is C23H21F2N5O. The Labute approximate surface area is 177 Å². The molecule has 0 amide bonds. The number of halogens is 2. The van der Waals surface area contributed by atoms with Crippen molar-refractivity contribution in [3.05, 3.63) is 72.2 Å². The van der Waals surface area contributed by atoms with Crippen molar-refractivity contribution in [3.63, 3.8) is 0 Å². The molecular weight excluding hydrogens is 400 g/mol. The lowest BCUT2D eigenvalue weighted by Gasteiger charge is -2.38. The number of rotatable bonds is 5. The molecule has 158 valence electrons. The van der Waals surface area contributed by atoms with Crippen molar-refractivity contribution in [1.82, 2.24) is 19.7 Å². The third-order valence-corrected chi connectivity index (χ3v) is 5.78. The molecule has 1 aliphatic rings. The highest BCUT2D eigenvalue weighted by Crippen LogP contribution is 2.47. The van der Waals surface area contributed by atoms with Gasteiger partial charge in [-0.3, -0.25) is 4.98 Å². The van der Waals surface area contributed by atoms with E-state index >= 15 is 0 Å². The van der Waals surface area contributed by atoms with E-state index in [9.17, 15) is 13.9 Å². The van der Waals surface area contributed by atoms with Crippen LogP contribution in [0.4, 0.5) is 8.78 Å². The molecule has 1 aliphatic carbocycles. The van der Waals surface area contributed by atoms with E-state index in [4.69, 9.17) is 5.73 Å². The maximum Gasteiger partial charge on any atom is 0.248 e. The summed E-state index contributed by atoms with van der Waals surface area (Å²) in [5.74, 6) is -2.26. The Morgan fingerprint density at radius 1 is 1.10 bits per heavy atom. The Kier molecular flexibility index (Phi) is 4.75. The lowest BCUT2D eigenvalue weighted by atomic mass is 9.75. The van der Waals surface area contributed by atoms with Crippen LogP contribution in [0, 0.1) is 5.92 Å². The first-order valence-electron chi connectivity index (χ1n) is 10.1. The number of nitrogens with two attached hydrogens (primary N) is 1. The number of nitrogens with zero attached hydrogens (tertiary/aromatic N) is 4. The van der Waals surface area contributed by atoms with Crippen molar-refractivity contribution in [1.29, 1.82) is 0 Å². The van der Waals surface area contributed by atoms with Gasteiger partial charge < -0.3 is 10.8 Å². The van der Waals surface area contributed by atoms with Crippen molar-refractivity contribution in [3.8, 4) is 17.1 Å². The molecule has 0 aliphatic heterocycles. The average Bonchev–Trinajstić information content (AvgIpc) is 3.20. The highest BCUT2D eigenvalue weighted by molar-refractivity contribution is 5.84. The quantitative estimate of drug-likeness (QED) is 0.508.